The molecule has 13 heavy (non-hydrogen) atoms. The predicted octanol–water partition coefficient (Wildman–Crippen LogP) is -1.31. The van der Waals surface area contributed by atoms with Gasteiger partial charge in [0.05, 0.1) is 4.90 Å². The summed E-state index contributed by atoms with van der Waals surface area (Å²) in [7, 11) is -4.06. The Morgan fingerprint density at radius 1 is 1.31 bits per heavy atom. The zero-order valence-electron chi connectivity index (χ0n) is 8.27. The Bertz CT molecular complexity index is 386. The molecule has 1 N–H and O–H groups in total. The first-order valence-electron chi connectivity index (χ1n) is 3.24. The molecule has 0 saturated carbocycles. The van der Waals surface area contributed by atoms with E-state index in [0.29, 0.717) is 0 Å². The van der Waals surface area contributed by atoms with E-state index in [2.05, 4.69) is 6.58 Å². The second kappa shape index (κ2) is 5.40. The summed E-state index contributed by atoms with van der Waals surface area (Å²) in [6.07, 6.45) is 1.59. The van der Waals surface area contributed by atoms with E-state index >= 15 is 0 Å². The molecule has 0 aliphatic heterocycles. The molecule has 0 amide bonds. The largest absolute Gasteiger partial charge is 1.00 e. The Hall–Kier alpha value is 0.506. The SMILES string of the molecule is C=Cc1ccc(S(=O)(=O)O)cc1.[H-].[K+]. The second-order valence-corrected chi connectivity index (χ2v) is 3.67. The fourth-order valence-corrected chi connectivity index (χ4v) is 1.26. The predicted molar refractivity (Wildman–Crippen MR) is 47.5 cm³/mol. The third-order valence-corrected chi connectivity index (χ3v) is 2.28. The molecule has 0 saturated heterocycles. The molecule has 5 heteroatoms. The van der Waals surface area contributed by atoms with Crippen LogP contribution in [0, 0.1) is 0 Å². The molecule has 1 aromatic rings. The fourth-order valence-electron chi connectivity index (χ4n) is 0.776. The van der Waals surface area contributed by atoms with Crippen LogP contribution in [0.1, 0.15) is 6.99 Å². The van der Waals surface area contributed by atoms with E-state index in [-0.39, 0.29) is 57.7 Å². The van der Waals surface area contributed by atoms with Gasteiger partial charge in [0, 0.05) is 0 Å². The third-order valence-electron chi connectivity index (χ3n) is 1.41. The molecule has 66 valence electrons. The van der Waals surface area contributed by atoms with Gasteiger partial charge in [-0.05, 0) is 17.7 Å². The molecule has 0 aliphatic carbocycles. The molecular weight excluding hydrogens is 215 g/mol. The molecule has 0 aliphatic rings. The van der Waals surface area contributed by atoms with E-state index in [0.717, 1.165) is 5.56 Å². The summed E-state index contributed by atoms with van der Waals surface area (Å²) < 4.78 is 29.7. The van der Waals surface area contributed by atoms with Crippen LogP contribution in [0.2, 0.25) is 0 Å². The average molecular weight is 224 g/mol. The van der Waals surface area contributed by atoms with Gasteiger partial charge in [0.2, 0.25) is 0 Å². The van der Waals surface area contributed by atoms with Crippen LogP contribution in [-0.2, 0) is 10.1 Å². The van der Waals surface area contributed by atoms with Crippen molar-refractivity contribution < 1.29 is 65.8 Å². The minimum atomic E-state index is -4.06. The van der Waals surface area contributed by atoms with Gasteiger partial charge in [0.15, 0.2) is 0 Å². The van der Waals surface area contributed by atoms with E-state index in [1.807, 2.05) is 0 Å². The molecule has 0 unspecified atom stereocenters. The van der Waals surface area contributed by atoms with Crippen LogP contribution in [0.25, 0.3) is 6.08 Å². The maximum atomic E-state index is 10.6. The first kappa shape index (κ1) is 13.5. The Balaban J connectivity index is 0. The molecule has 0 aromatic heterocycles. The quantitative estimate of drug-likeness (QED) is 0.501. The van der Waals surface area contributed by atoms with E-state index < -0.39 is 10.1 Å². The zero-order chi connectivity index (χ0) is 9.19. The molecule has 1 aromatic carbocycles. The van der Waals surface area contributed by atoms with E-state index in [1.165, 1.54) is 12.1 Å². The van der Waals surface area contributed by atoms with Crippen molar-refractivity contribution in [1.29, 1.82) is 0 Å². The summed E-state index contributed by atoms with van der Waals surface area (Å²) in [5.74, 6) is 0. The van der Waals surface area contributed by atoms with Crippen molar-refractivity contribution in [3.8, 4) is 0 Å². The monoisotopic (exact) mass is 224 g/mol. The van der Waals surface area contributed by atoms with Crippen molar-refractivity contribution in [2.24, 2.45) is 0 Å². The van der Waals surface area contributed by atoms with E-state index in [4.69, 9.17) is 4.55 Å². The van der Waals surface area contributed by atoms with Crippen LogP contribution in [0.5, 0.6) is 0 Å². The van der Waals surface area contributed by atoms with Gasteiger partial charge in [-0.1, -0.05) is 24.8 Å². The van der Waals surface area contributed by atoms with Gasteiger partial charge < -0.3 is 1.43 Å². The van der Waals surface area contributed by atoms with Gasteiger partial charge in [0.25, 0.3) is 10.1 Å². The van der Waals surface area contributed by atoms with Crippen molar-refractivity contribution in [3.63, 3.8) is 0 Å². The van der Waals surface area contributed by atoms with Crippen molar-refractivity contribution in [2.75, 3.05) is 0 Å². The molecule has 0 atom stereocenters. The van der Waals surface area contributed by atoms with Crippen molar-refractivity contribution in [1.82, 2.24) is 0 Å². The van der Waals surface area contributed by atoms with Crippen LogP contribution in [0.15, 0.2) is 35.7 Å². The Labute approximate surface area is 122 Å². The second-order valence-electron chi connectivity index (χ2n) is 2.25. The summed E-state index contributed by atoms with van der Waals surface area (Å²) in [6.45, 7) is 3.51. The van der Waals surface area contributed by atoms with E-state index in [9.17, 15) is 8.42 Å². The molecule has 0 heterocycles. The van der Waals surface area contributed by atoms with Gasteiger partial charge in [0.1, 0.15) is 0 Å². The summed E-state index contributed by atoms with van der Waals surface area (Å²) in [5.41, 5.74) is 0.808. The summed E-state index contributed by atoms with van der Waals surface area (Å²) >= 11 is 0. The van der Waals surface area contributed by atoms with Crippen LogP contribution in [0.4, 0.5) is 0 Å². The van der Waals surface area contributed by atoms with Gasteiger partial charge >= 0.3 is 51.4 Å². The first-order valence-corrected chi connectivity index (χ1v) is 4.68. The van der Waals surface area contributed by atoms with Crippen molar-refractivity contribution in [3.05, 3.63) is 36.4 Å². The van der Waals surface area contributed by atoms with Gasteiger partial charge in [-0.15, -0.1) is 0 Å². The number of hydrogen-bond acceptors (Lipinski definition) is 2. The minimum Gasteiger partial charge on any atom is -1.00 e. The topological polar surface area (TPSA) is 54.4 Å². The third kappa shape index (κ3) is 4.03. The maximum Gasteiger partial charge on any atom is 1.00 e. The molecule has 0 fully saturated rings. The Morgan fingerprint density at radius 2 is 1.77 bits per heavy atom. The van der Waals surface area contributed by atoms with Crippen LogP contribution in [-0.4, -0.2) is 13.0 Å². The first-order chi connectivity index (χ1) is 5.54. The van der Waals surface area contributed by atoms with E-state index in [1.54, 1.807) is 18.2 Å². The molecular formula is C8H9KO3S. The van der Waals surface area contributed by atoms with Gasteiger partial charge in [-0.2, -0.15) is 8.42 Å². The average Bonchev–Trinajstić information content (AvgIpc) is 2.03. The van der Waals surface area contributed by atoms with Gasteiger partial charge in [-0.3, -0.25) is 4.55 Å². The van der Waals surface area contributed by atoms with Crippen molar-refractivity contribution in [2.45, 2.75) is 4.90 Å². The van der Waals surface area contributed by atoms with Crippen LogP contribution < -0.4 is 51.4 Å². The smallest absolute Gasteiger partial charge is 1.00 e. The number of rotatable bonds is 2. The number of hydrogen-bond donors (Lipinski definition) is 1. The van der Waals surface area contributed by atoms with Crippen LogP contribution in [0.3, 0.4) is 0 Å². The normalized spacial score (nSPS) is 10.2. The molecule has 0 radical (unpaired) electrons. The number of benzene rings is 1. The molecule has 1 rings (SSSR count). The van der Waals surface area contributed by atoms with Gasteiger partial charge in [-0.25, -0.2) is 0 Å². The fraction of sp³-hybridized carbons (Fsp3) is 0. The van der Waals surface area contributed by atoms with Crippen molar-refractivity contribution >= 4 is 16.2 Å². The zero-order valence-corrected chi connectivity index (χ0v) is 11.2. The molecule has 3 nitrogen and oxygen atoms in total. The maximum absolute atomic E-state index is 10.6. The minimum absolute atomic E-state index is 0. The Morgan fingerprint density at radius 3 is 2.08 bits per heavy atom. The standard InChI is InChI=1S/C8H8O3S.K.H/c1-2-7-3-5-8(6-4-7)12(9,10)11;;/h2-6H,1H2,(H,9,10,11);;/q;+1;-1. The Kier molecular flexibility index (Phi) is 5.61. The molecule has 0 spiro atoms. The summed E-state index contributed by atoms with van der Waals surface area (Å²) in [5, 5.41) is 0. The van der Waals surface area contributed by atoms with Crippen LogP contribution >= 0.6 is 0 Å². The summed E-state index contributed by atoms with van der Waals surface area (Å²) in [6, 6.07) is 5.78. The summed E-state index contributed by atoms with van der Waals surface area (Å²) in [4.78, 5) is -0.104. The molecule has 0 bridgehead atoms.